The summed E-state index contributed by atoms with van der Waals surface area (Å²) in [6.45, 7) is 8.16. The summed E-state index contributed by atoms with van der Waals surface area (Å²) in [5.74, 6) is -0.0507. The van der Waals surface area contributed by atoms with E-state index in [1.54, 1.807) is 0 Å². The van der Waals surface area contributed by atoms with Gasteiger partial charge in [0.1, 0.15) is 0 Å². The van der Waals surface area contributed by atoms with Gasteiger partial charge in [0.25, 0.3) is 0 Å². The minimum atomic E-state index is -1.06. The quantitative estimate of drug-likeness (QED) is 0.396. The second kappa shape index (κ2) is 7.88. The van der Waals surface area contributed by atoms with Crippen LogP contribution < -0.4 is 5.73 Å². The van der Waals surface area contributed by atoms with Gasteiger partial charge < -0.3 is 10.5 Å². The maximum atomic E-state index is 11.3. The number of hydrogen-bond acceptors (Lipinski definition) is 3. The van der Waals surface area contributed by atoms with Gasteiger partial charge in [0.2, 0.25) is 0 Å². The Morgan fingerprint density at radius 3 is 2.40 bits per heavy atom. The minimum Gasteiger partial charge on any atom is -0.466 e. The van der Waals surface area contributed by atoms with Crippen molar-refractivity contribution in [2.75, 3.05) is 13.2 Å². The molecule has 90 valence electrons. The summed E-state index contributed by atoms with van der Waals surface area (Å²) in [6.07, 6.45) is 3.48. The van der Waals surface area contributed by atoms with E-state index in [4.69, 9.17) is 10.5 Å². The number of hydrogen-bond donors (Lipinski definition) is 1. The van der Waals surface area contributed by atoms with Gasteiger partial charge in [-0.15, -0.1) is 0 Å². The van der Waals surface area contributed by atoms with Crippen molar-refractivity contribution >= 4 is 14.0 Å². The first-order valence-electron chi connectivity index (χ1n) is 5.81. The van der Waals surface area contributed by atoms with Crippen LogP contribution in [0.15, 0.2) is 0 Å². The Bertz CT molecular complexity index is 178. The average molecular weight is 231 g/mol. The lowest BCUT2D eigenvalue weighted by Crippen LogP contribution is -2.22. The van der Waals surface area contributed by atoms with Crippen LogP contribution in [0.4, 0.5) is 0 Å². The largest absolute Gasteiger partial charge is 0.466 e. The van der Waals surface area contributed by atoms with Crippen LogP contribution in [0.5, 0.6) is 0 Å². The molecule has 0 atom stereocenters. The van der Waals surface area contributed by atoms with E-state index in [1.165, 1.54) is 0 Å². The standard InChI is InChI=1S/C11H25NO2Si/c1-15(2,3)10-9-14-11(13)7-5-4-6-8-12/h4-10,12H2,1-3H3. The third-order valence-electron chi connectivity index (χ3n) is 2.20. The number of carbonyl (C=O) groups excluding carboxylic acids is 1. The summed E-state index contributed by atoms with van der Waals surface area (Å²) in [4.78, 5) is 11.3. The van der Waals surface area contributed by atoms with Crippen molar-refractivity contribution in [3.05, 3.63) is 0 Å². The second-order valence-corrected chi connectivity index (χ2v) is 10.8. The molecule has 0 fully saturated rings. The molecule has 0 saturated carbocycles. The van der Waals surface area contributed by atoms with Crippen molar-refractivity contribution in [2.24, 2.45) is 5.73 Å². The van der Waals surface area contributed by atoms with Gasteiger partial charge >= 0.3 is 5.97 Å². The molecule has 0 radical (unpaired) electrons. The predicted octanol–water partition coefficient (Wildman–Crippen LogP) is 2.39. The molecular formula is C11H25NO2Si. The van der Waals surface area contributed by atoms with Crippen LogP contribution in [0, 0.1) is 0 Å². The van der Waals surface area contributed by atoms with E-state index in [9.17, 15) is 4.79 Å². The van der Waals surface area contributed by atoms with Crippen LogP contribution in [0.3, 0.4) is 0 Å². The molecular weight excluding hydrogens is 206 g/mol. The Morgan fingerprint density at radius 1 is 1.20 bits per heavy atom. The molecule has 0 aliphatic carbocycles. The van der Waals surface area contributed by atoms with Gasteiger partial charge in [-0.05, 0) is 25.4 Å². The van der Waals surface area contributed by atoms with Crippen LogP contribution in [0.1, 0.15) is 25.7 Å². The molecule has 0 aromatic rings. The van der Waals surface area contributed by atoms with Crippen LogP contribution in [-0.2, 0) is 9.53 Å². The van der Waals surface area contributed by atoms with Gasteiger partial charge in [0.15, 0.2) is 0 Å². The number of esters is 1. The fourth-order valence-electron chi connectivity index (χ4n) is 1.13. The van der Waals surface area contributed by atoms with Gasteiger partial charge in [-0.25, -0.2) is 0 Å². The maximum absolute atomic E-state index is 11.3. The van der Waals surface area contributed by atoms with Crippen LogP contribution >= 0.6 is 0 Å². The maximum Gasteiger partial charge on any atom is 0.305 e. The summed E-state index contributed by atoms with van der Waals surface area (Å²) in [5.41, 5.74) is 5.36. The highest BCUT2D eigenvalue weighted by atomic mass is 28.3. The van der Waals surface area contributed by atoms with E-state index >= 15 is 0 Å². The number of nitrogens with two attached hydrogens (primary N) is 1. The molecule has 0 aliphatic rings. The first-order chi connectivity index (χ1) is 6.95. The average Bonchev–Trinajstić information content (AvgIpc) is 2.10. The van der Waals surface area contributed by atoms with Crippen LogP contribution in [-0.4, -0.2) is 27.2 Å². The van der Waals surface area contributed by atoms with Crippen molar-refractivity contribution in [1.29, 1.82) is 0 Å². The van der Waals surface area contributed by atoms with Gasteiger partial charge in [-0.2, -0.15) is 0 Å². The van der Waals surface area contributed by atoms with Crippen LogP contribution in [0.2, 0.25) is 25.7 Å². The zero-order chi connectivity index (χ0) is 11.7. The molecule has 0 heterocycles. The molecule has 3 nitrogen and oxygen atoms in total. The summed E-state index contributed by atoms with van der Waals surface area (Å²) in [6, 6.07) is 1.06. The highest BCUT2D eigenvalue weighted by molar-refractivity contribution is 6.76. The highest BCUT2D eigenvalue weighted by Gasteiger charge is 2.13. The minimum absolute atomic E-state index is 0.0507. The Labute approximate surface area is 94.4 Å². The molecule has 4 heteroatoms. The molecule has 2 N–H and O–H groups in total. The number of ether oxygens (including phenoxy) is 1. The van der Waals surface area contributed by atoms with Crippen molar-refractivity contribution in [3.63, 3.8) is 0 Å². The summed E-state index contributed by atoms with van der Waals surface area (Å²) >= 11 is 0. The molecule has 0 spiro atoms. The smallest absolute Gasteiger partial charge is 0.305 e. The molecule has 0 unspecified atom stereocenters. The predicted molar refractivity (Wildman–Crippen MR) is 66.6 cm³/mol. The molecule has 0 bridgehead atoms. The van der Waals surface area contributed by atoms with Crippen molar-refractivity contribution in [1.82, 2.24) is 0 Å². The van der Waals surface area contributed by atoms with E-state index in [-0.39, 0.29) is 5.97 Å². The molecule has 0 aromatic carbocycles. The SMILES string of the molecule is C[Si](C)(C)CCOC(=O)CCCCCN. The molecule has 15 heavy (non-hydrogen) atoms. The fourth-order valence-corrected chi connectivity index (χ4v) is 1.85. The first-order valence-corrected chi connectivity index (χ1v) is 9.52. The van der Waals surface area contributed by atoms with Gasteiger partial charge in [-0.3, -0.25) is 4.79 Å². The van der Waals surface area contributed by atoms with Gasteiger partial charge in [-0.1, -0.05) is 26.1 Å². The monoisotopic (exact) mass is 231 g/mol. The van der Waals surface area contributed by atoms with Crippen molar-refractivity contribution in [3.8, 4) is 0 Å². The molecule has 0 aliphatic heterocycles. The zero-order valence-corrected chi connectivity index (χ0v) is 11.3. The zero-order valence-electron chi connectivity index (χ0n) is 10.3. The van der Waals surface area contributed by atoms with Gasteiger partial charge in [0.05, 0.1) is 6.61 Å². The summed E-state index contributed by atoms with van der Waals surface area (Å²) in [7, 11) is -1.06. The third-order valence-corrected chi connectivity index (χ3v) is 3.90. The molecule has 0 amide bonds. The lowest BCUT2D eigenvalue weighted by atomic mass is 10.2. The fraction of sp³-hybridized carbons (Fsp3) is 0.909. The molecule has 0 saturated heterocycles. The first kappa shape index (κ1) is 14.6. The Kier molecular flexibility index (Phi) is 7.69. The van der Waals surface area contributed by atoms with E-state index in [1.807, 2.05) is 0 Å². The lowest BCUT2D eigenvalue weighted by Gasteiger charge is -2.15. The van der Waals surface area contributed by atoms with E-state index in [2.05, 4.69) is 19.6 Å². The Hall–Kier alpha value is -0.353. The Balaban J connectivity index is 3.34. The Morgan fingerprint density at radius 2 is 1.87 bits per heavy atom. The highest BCUT2D eigenvalue weighted by Crippen LogP contribution is 2.08. The summed E-state index contributed by atoms with van der Waals surface area (Å²) in [5, 5.41) is 0. The number of carbonyl (C=O) groups is 1. The molecule has 0 rings (SSSR count). The van der Waals surface area contributed by atoms with Crippen molar-refractivity contribution < 1.29 is 9.53 Å². The third kappa shape index (κ3) is 11.6. The van der Waals surface area contributed by atoms with Crippen molar-refractivity contribution in [2.45, 2.75) is 51.4 Å². The van der Waals surface area contributed by atoms with Crippen LogP contribution in [0.25, 0.3) is 0 Å². The number of rotatable bonds is 8. The lowest BCUT2D eigenvalue weighted by molar-refractivity contribution is -0.143. The normalized spacial score (nSPS) is 11.5. The second-order valence-electron chi connectivity index (χ2n) is 5.13. The molecule has 0 aromatic heterocycles. The van der Waals surface area contributed by atoms with Gasteiger partial charge in [0, 0.05) is 14.5 Å². The summed E-state index contributed by atoms with van der Waals surface area (Å²) < 4.78 is 5.16. The number of unbranched alkanes of at least 4 members (excludes halogenated alkanes) is 2. The van der Waals surface area contributed by atoms with E-state index in [0.29, 0.717) is 19.6 Å². The topological polar surface area (TPSA) is 52.3 Å². The van der Waals surface area contributed by atoms with E-state index < -0.39 is 8.07 Å². The van der Waals surface area contributed by atoms with E-state index in [0.717, 1.165) is 25.3 Å².